The molecule has 0 unspecified atom stereocenters. The van der Waals surface area contributed by atoms with Gasteiger partial charge in [-0.25, -0.2) is 9.97 Å². The fourth-order valence-corrected chi connectivity index (χ4v) is 3.49. The molecule has 0 spiro atoms. The summed E-state index contributed by atoms with van der Waals surface area (Å²) in [5.74, 6) is 1.33. The second kappa shape index (κ2) is 8.81. The van der Waals surface area contributed by atoms with E-state index in [4.69, 9.17) is 4.98 Å². The fourth-order valence-electron chi connectivity index (χ4n) is 3.49. The molecule has 158 valence electrons. The molecule has 5 aromatic rings. The zero-order valence-electron chi connectivity index (χ0n) is 17.6. The molecule has 0 radical (unpaired) electrons. The van der Waals surface area contributed by atoms with E-state index in [2.05, 4.69) is 49.6 Å². The summed E-state index contributed by atoms with van der Waals surface area (Å²) in [7, 11) is 0. The number of benzene rings is 2. The molecule has 3 heterocycles. The van der Waals surface area contributed by atoms with Crippen LogP contribution in [0.4, 0.5) is 11.6 Å². The second-order valence-corrected chi connectivity index (χ2v) is 7.38. The number of imidazole rings is 1. The van der Waals surface area contributed by atoms with Gasteiger partial charge in [-0.3, -0.25) is 14.5 Å². The topological polar surface area (TPSA) is 93.4 Å². The Bertz CT molecular complexity index is 1320. The van der Waals surface area contributed by atoms with Crippen LogP contribution in [0.2, 0.25) is 0 Å². The first-order valence-corrected chi connectivity index (χ1v) is 10.4. The Hall–Kier alpha value is -4.33. The molecule has 32 heavy (non-hydrogen) atoms. The molecule has 0 aliphatic carbocycles. The summed E-state index contributed by atoms with van der Waals surface area (Å²) >= 11 is 0. The third kappa shape index (κ3) is 4.24. The molecule has 0 amide bonds. The zero-order chi connectivity index (χ0) is 21.8. The Labute approximate surface area is 185 Å². The minimum absolute atomic E-state index is 0.0916. The highest BCUT2D eigenvalue weighted by Gasteiger charge is 2.10. The van der Waals surface area contributed by atoms with E-state index < -0.39 is 0 Å². The molecule has 0 bridgehead atoms. The minimum Gasteiger partial charge on any atom is -0.379 e. The molecule has 0 aliphatic heterocycles. The van der Waals surface area contributed by atoms with E-state index in [-0.39, 0.29) is 6.04 Å². The summed E-state index contributed by atoms with van der Waals surface area (Å²) in [6.07, 6.45) is 8.64. The van der Waals surface area contributed by atoms with Crippen molar-refractivity contribution in [3.05, 3.63) is 97.0 Å². The largest absolute Gasteiger partial charge is 0.379 e. The van der Waals surface area contributed by atoms with Crippen molar-refractivity contribution in [1.29, 1.82) is 0 Å². The predicted octanol–water partition coefficient (Wildman–Crippen LogP) is 4.39. The van der Waals surface area contributed by atoms with Crippen molar-refractivity contribution in [2.75, 3.05) is 10.6 Å². The van der Waals surface area contributed by atoms with Crippen LogP contribution >= 0.6 is 0 Å². The lowest BCUT2D eigenvalue weighted by Crippen LogP contribution is -2.10. The Morgan fingerprint density at radius 2 is 1.84 bits per heavy atom. The van der Waals surface area contributed by atoms with Crippen LogP contribution < -0.4 is 10.6 Å². The highest BCUT2D eigenvalue weighted by atomic mass is 15.2. The van der Waals surface area contributed by atoms with Crippen molar-refractivity contribution in [2.45, 2.75) is 19.5 Å². The van der Waals surface area contributed by atoms with E-state index in [0.717, 1.165) is 28.2 Å². The molecule has 2 N–H and O–H groups in total. The number of anilines is 2. The highest BCUT2D eigenvalue weighted by Crippen LogP contribution is 2.22. The van der Waals surface area contributed by atoms with Gasteiger partial charge in [0, 0.05) is 24.3 Å². The van der Waals surface area contributed by atoms with Gasteiger partial charge >= 0.3 is 0 Å². The smallest absolute Gasteiger partial charge is 0.225 e. The molecule has 0 aliphatic rings. The molecule has 5 rings (SSSR count). The van der Waals surface area contributed by atoms with Crippen LogP contribution in [-0.2, 0) is 6.54 Å². The molecule has 0 saturated carbocycles. The molecule has 8 heteroatoms. The van der Waals surface area contributed by atoms with Crippen LogP contribution in [0.3, 0.4) is 0 Å². The molecular weight excluding hydrogens is 400 g/mol. The summed E-state index contributed by atoms with van der Waals surface area (Å²) in [5, 5.41) is 6.73. The van der Waals surface area contributed by atoms with Gasteiger partial charge in [-0.05, 0) is 36.8 Å². The maximum atomic E-state index is 4.70. The summed E-state index contributed by atoms with van der Waals surface area (Å²) in [4.78, 5) is 22.0. The quantitative estimate of drug-likeness (QED) is 0.402. The number of hydrogen-bond acceptors (Lipinski definition) is 7. The predicted molar refractivity (Wildman–Crippen MR) is 124 cm³/mol. The van der Waals surface area contributed by atoms with Crippen LogP contribution in [0.25, 0.3) is 16.9 Å². The van der Waals surface area contributed by atoms with Crippen LogP contribution in [0, 0.1) is 0 Å². The molecule has 3 aromatic heterocycles. The van der Waals surface area contributed by atoms with Gasteiger partial charge in [-0.2, -0.15) is 4.98 Å². The zero-order valence-corrected chi connectivity index (χ0v) is 17.6. The van der Waals surface area contributed by atoms with E-state index >= 15 is 0 Å². The first kappa shape index (κ1) is 19.6. The van der Waals surface area contributed by atoms with Gasteiger partial charge in [0.15, 0.2) is 0 Å². The van der Waals surface area contributed by atoms with E-state index in [9.17, 15) is 0 Å². The molecule has 0 fully saturated rings. The molecule has 0 saturated heterocycles. The first-order chi connectivity index (χ1) is 15.8. The fraction of sp³-hybridized carbons (Fsp3) is 0.125. The van der Waals surface area contributed by atoms with E-state index in [1.54, 1.807) is 31.1 Å². The Morgan fingerprint density at radius 3 is 2.69 bits per heavy atom. The van der Waals surface area contributed by atoms with Crippen LogP contribution in [-0.4, -0.2) is 29.5 Å². The van der Waals surface area contributed by atoms with E-state index in [0.29, 0.717) is 12.5 Å². The van der Waals surface area contributed by atoms with Crippen molar-refractivity contribution >= 4 is 22.7 Å². The van der Waals surface area contributed by atoms with Crippen molar-refractivity contribution < 1.29 is 0 Å². The number of nitrogens with one attached hydrogen (secondary N) is 2. The maximum absolute atomic E-state index is 4.70. The summed E-state index contributed by atoms with van der Waals surface area (Å²) in [5.41, 5.74) is 4.87. The second-order valence-electron chi connectivity index (χ2n) is 7.38. The first-order valence-electron chi connectivity index (χ1n) is 10.4. The van der Waals surface area contributed by atoms with Crippen LogP contribution in [0.5, 0.6) is 0 Å². The van der Waals surface area contributed by atoms with Crippen LogP contribution in [0.15, 0.2) is 85.7 Å². The Morgan fingerprint density at radius 1 is 0.938 bits per heavy atom. The van der Waals surface area contributed by atoms with Gasteiger partial charge in [0.1, 0.15) is 12.1 Å². The third-order valence-corrected chi connectivity index (χ3v) is 5.17. The standard InChI is InChI=1S/C24H22N8/c1-17(18-5-3-2-4-6-18)30-24-27-10-9-23(31-24)32-16-29-21-13-19(7-8-22(21)32)28-15-20-14-25-11-12-26-20/h2-14,16-17,28H,15H2,1H3,(H,27,30,31)/t17-/m0/s1. The lowest BCUT2D eigenvalue weighted by molar-refractivity contribution is 0.854. The summed E-state index contributed by atoms with van der Waals surface area (Å²) < 4.78 is 1.96. The maximum Gasteiger partial charge on any atom is 0.225 e. The van der Waals surface area contributed by atoms with Gasteiger partial charge in [0.2, 0.25) is 5.95 Å². The number of rotatable bonds is 7. The molecule has 2 aromatic carbocycles. The summed E-state index contributed by atoms with van der Waals surface area (Å²) in [6.45, 7) is 2.69. The van der Waals surface area contributed by atoms with Crippen molar-refractivity contribution in [2.24, 2.45) is 0 Å². The average Bonchev–Trinajstić information content (AvgIpc) is 3.27. The number of hydrogen-bond donors (Lipinski definition) is 2. The number of fused-ring (bicyclic) bond motifs is 1. The molecule has 1 atom stereocenters. The van der Waals surface area contributed by atoms with Crippen molar-refractivity contribution in [3.63, 3.8) is 0 Å². The lowest BCUT2D eigenvalue weighted by Gasteiger charge is -2.14. The lowest BCUT2D eigenvalue weighted by atomic mass is 10.1. The Balaban J connectivity index is 1.35. The molecule has 8 nitrogen and oxygen atoms in total. The Kier molecular flexibility index (Phi) is 5.40. The van der Waals surface area contributed by atoms with Gasteiger partial charge in [-0.1, -0.05) is 30.3 Å². The minimum atomic E-state index is 0.0916. The average molecular weight is 422 g/mol. The van der Waals surface area contributed by atoms with Gasteiger partial charge < -0.3 is 10.6 Å². The van der Waals surface area contributed by atoms with Crippen LogP contribution in [0.1, 0.15) is 24.2 Å². The van der Waals surface area contributed by atoms with Gasteiger partial charge in [-0.15, -0.1) is 0 Å². The van der Waals surface area contributed by atoms with Crippen molar-refractivity contribution in [1.82, 2.24) is 29.5 Å². The summed E-state index contributed by atoms with van der Waals surface area (Å²) in [6, 6.07) is 18.3. The van der Waals surface area contributed by atoms with E-state index in [1.165, 1.54) is 5.56 Å². The molecular formula is C24H22N8. The normalized spacial score (nSPS) is 11.9. The third-order valence-electron chi connectivity index (χ3n) is 5.17. The van der Waals surface area contributed by atoms with Crippen molar-refractivity contribution in [3.8, 4) is 5.82 Å². The van der Waals surface area contributed by atoms with Gasteiger partial charge in [0.25, 0.3) is 0 Å². The highest BCUT2D eigenvalue weighted by molar-refractivity contribution is 5.81. The van der Waals surface area contributed by atoms with E-state index in [1.807, 2.05) is 47.0 Å². The monoisotopic (exact) mass is 422 g/mol. The number of nitrogens with zero attached hydrogens (tertiary/aromatic N) is 6. The SMILES string of the molecule is C[C@H](Nc1nccc(-n2cnc3cc(NCc4cnccn4)ccc32)n1)c1ccccc1. The number of aromatic nitrogens is 6. The van der Waals surface area contributed by atoms with Gasteiger partial charge in [0.05, 0.1) is 35.5 Å².